The molecule has 76 valence electrons. The Morgan fingerprint density at radius 2 is 2.29 bits per heavy atom. The zero-order valence-corrected chi connectivity index (χ0v) is 7.14. The van der Waals surface area contributed by atoms with Gasteiger partial charge in [-0.15, -0.1) is 0 Å². The van der Waals surface area contributed by atoms with Crippen molar-refractivity contribution in [3.05, 3.63) is 17.8 Å². The fraction of sp³-hybridized carbons (Fsp3) is 0.286. The molecule has 1 rings (SSSR count). The van der Waals surface area contributed by atoms with Crippen LogP contribution in [0, 0.1) is 0 Å². The van der Waals surface area contributed by atoms with E-state index in [1.54, 1.807) is 0 Å². The summed E-state index contributed by atoms with van der Waals surface area (Å²) >= 11 is 0. The number of amides is 1. The number of primary amides is 1. The van der Waals surface area contributed by atoms with Crippen molar-refractivity contribution in [3.63, 3.8) is 0 Å². The van der Waals surface area contributed by atoms with Crippen LogP contribution >= 0.6 is 0 Å². The lowest BCUT2D eigenvalue weighted by Crippen LogP contribution is -2.22. The molecule has 1 heterocycles. The maximum Gasteiger partial charge on any atom is 0.358 e. The van der Waals surface area contributed by atoms with Crippen molar-refractivity contribution in [2.75, 3.05) is 0 Å². The second kappa shape index (κ2) is 3.88. The molecule has 5 N–H and O–H groups in total. The van der Waals surface area contributed by atoms with Crippen LogP contribution in [0.1, 0.15) is 28.7 Å². The number of carbonyl (C=O) groups is 2. The smallest absolute Gasteiger partial charge is 0.358 e. The molecule has 0 fully saturated rings. The van der Waals surface area contributed by atoms with Crippen LogP contribution in [0.2, 0.25) is 0 Å². The fourth-order valence-corrected chi connectivity index (χ4v) is 0.988. The molecule has 7 heteroatoms. The van der Waals surface area contributed by atoms with Crippen molar-refractivity contribution in [1.82, 2.24) is 4.98 Å². The van der Waals surface area contributed by atoms with E-state index in [1.165, 1.54) is 0 Å². The van der Waals surface area contributed by atoms with Crippen molar-refractivity contribution in [3.8, 4) is 0 Å². The van der Waals surface area contributed by atoms with E-state index in [-0.39, 0.29) is 17.9 Å². The summed E-state index contributed by atoms with van der Waals surface area (Å²) in [7, 11) is 0. The highest BCUT2D eigenvalue weighted by atomic mass is 16.4. The van der Waals surface area contributed by atoms with Gasteiger partial charge in [-0.1, -0.05) is 0 Å². The summed E-state index contributed by atoms with van der Waals surface area (Å²) in [5.74, 6) is -1.93. The minimum Gasteiger partial charge on any atom is -0.476 e. The molecule has 0 aromatic carbocycles. The molecular weight excluding hydrogens is 190 g/mol. The SMILES string of the molecule is NC(=O)CC(N)c1ocnc1C(=O)O. The van der Waals surface area contributed by atoms with Crippen molar-refractivity contribution in [2.45, 2.75) is 12.5 Å². The van der Waals surface area contributed by atoms with E-state index in [0.29, 0.717) is 0 Å². The number of hydrogen-bond donors (Lipinski definition) is 3. The van der Waals surface area contributed by atoms with Crippen LogP contribution in [0.25, 0.3) is 0 Å². The molecule has 0 aliphatic rings. The van der Waals surface area contributed by atoms with Crippen molar-refractivity contribution in [2.24, 2.45) is 11.5 Å². The number of aromatic nitrogens is 1. The van der Waals surface area contributed by atoms with Gasteiger partial charge in [0.15, 0.2) is 17.8 Å². The van der Waals surface area contributed by atoms with Gasteiger partial charge in [-0.05, 0) is 0 Å². The average Bonchev–Trinajstić information content (AvgIpc) is 2.49. The predicted octanol–water partition coefficient (Wildman–Crippen LogP) is -0.752. The van der Waals surface area contributed by atoms with Gasteiger partial charge >= 0.3 is 5.97 Å². The standard InChI is InChI=1S/C7H9N3O4/c8-3(1-4(9)11)6-5(7(12)13)10-2-14-6/h2-3H,1,8H2,(H2,9,11)(H,12,13). The molecule has 1 amide bonds. The normalized spacial score (nSPS) is 12.4. The third kappa shape index (κ3) is 2.07. The van der Waals surface area contributed by atoms with Gasteiger partial charge in [-0.3, -0.25) is 4.79 Å². The monoisotopic (exact) mass is 199 g/mol. The number of nitrogens with two attached hydrogens (primary N) is 2. The fourth-order valence-electron chi connectivity index (χ4n) is 0.988. The Hall–Kier alpha value is -1.89. The lowest BCUT2D eigenvalue weighted by molar-refractivity contribution is -0.118. The minimum atomic E-state index is -1.26. The molecular formula is C7H9N3O4. The number of carbonyl (C=O) groups excluding carboxylic acids is 1. The highest BCUT2D eigenvalue weighted by molar-refractivity contribution is 5.86. The van der Waals surface area contributed by atoms with E-state index in [0.717, 1.165) is 6.39 Å². The number of carboxylic acids is 1. The molecule has 7 nitrogen and oxygen atoms in total. The minimum absolute atomic E-state index is 0.0451. The summed E-state index contributed by atoms with van der Waals surface area (Å²) in [6, 6.07) is -0.874. The van der Waals surface area contributed by atoms with E-state index < -0.39 is 17.9 Å². The summed E-state index contributed by atoms with van der Waals surface area (Å²) in [5, 5.41) is 8.64. The van der Waals surface area contributed by atoms with Gasteiger partial charge < -0.3 is 21.0 Å². The number of rotatable bonds is 4. The van der Waals surface area contributed by atoms with Gasteiger partial charge in [0.1, 0.15) is 0 Å². The number of aromatic carboxylic acids is 1. The first-order valence-electron chi connectivity index (χ1n) is 3.73. The predicted molar refractivity (Wildman–Crippen MR) is 44.2 cm³/mol. The molecule has 0 radical (unpaired) electrons. The molecule has 1 aromatic rings. The maximum atomic E-state index is 10.6. The summed E-state index contributed by atoms with van der Waals surface area (Å²) in [6.45, 7) is 0. The van der Waals surface area contributed by atoms with E-state index >= 15 is 0 Å². The average molecular weight is 199 g/mol. The highest BCUT2D eigenvalue weighted by Crippen LogP contribution is 2.17. The molecule has 14 heavy (non-hydrogen) atoms. The number of hydrogen-bond acceptors (Lipinski definition) is 5. The summed E-state index contributed by atoms with van der Waals surface area (Å²) < 4.78 is 4.76. The van der Waals surface area contributed by atoms with Crippen molar-refractivity contribution >= 4 is 11.9 Å². The zero-order valence-electron chi connectivity index (χ0n) is 7.14. The van der Waals surface area contributed by atoms with Crippen molar-refractivity contribution in [1.29, 1.82) is 0 Å². The summed E-state index contributed by atoms with van der Waals surface area (Å²) in [6.07, 6.45) is 0.773. The van der Waals surface area contributed by atoms with Gasteiger partial charge in [-0.2, -0.15) is 0 Å². The van der Waals surface area contributed by atoms with Crippen LogP contribution in [0.5, 0.6) is 0 Å². The van der Waals surface area contributed by atoms with Crippen LogP contribution in [-0.4, -0.2) is 22.0 Å². The van der Waals surface area contributed by atoms with Crippen LogP contribution in [0.3, 0.4) is 0 Å². The Morgan fingerprint density at radius 3 is 2.79 bits per heavy atom. The summed E-state index contributed by atoms with van der Waals surface area (Å²) in [5.41, 5.74) is 10.1. The van der Waals surface area contributed by atoms with Gasteiger partial charge in [-0.25, -0.2) is 9.78 Å². The molecule has 0 saturated heterocycles. The molecule has 0 spiro atoms. The van der Waals surface area contributed by atoms with Crippen LogP contribution in [0.4, 0.5) is 0 Å². The van der Waals surface area contributed by atoms with E-state index in [9.17, 15) is 9.59 Å². The number of carboxylic acid groups (broad SMARTS) is 1. The Balaban J connectivity index is 2.89. The lowest BCUT2D eigenvalue weighted by Gasteiger charge is -2.05. The van der Waals surface area contributed by atoms with Gasteiger partial charge in [0.25, 0.3) is 0 Å². The van der Waals surface area contributed by atoms with Gasteiger partial charge in [0, 0.05) is 6.42 Å². The number of nitrogens with zero attached hydrogens (tertiary/aromatic N) is 1. The largest absolute Gasteiger partial charge is 0.476 e. The zero-order chi connectivity index (χ0) is 10.7. The third-order valence-electron chi connectivity index (χ3n) is 1.56. The first kappa shape index (κ1) is 10.2. The van der Waals surface area contributed by atoms with Gasteiger partial charge in [0.05, 0.1) is 6.04 Å². The van der Waals surface area contributed by atoms with Crippen molar-refractivity contribution < 1.29 is 19.1 Å². The first-order chi connectivity index (χ1) is 6.52. The molecule has 0 aliphatic heterocycles. The van der Waals surface area contributed by atoms with Gasteiger partial charge in [0.2, 0.25) is 5.91 Å². The molecule has 1 aromatic heterocycles. The van der Waals surface area contributed by atoms with Crippen LogP contribution in [-0.2, 0) is 4.79 Å². The highest BCUT2D eigenvalue weighted by Gasteiger charge is 2.22. The quantitative estimate of drug-likeness (QED) is 0.584. The van der Waals surface area contributed by atoms with Crippen LogP contribution < -0.4 is 11.5 Å². The first-order valence-corrected chi connectivity index (χ1v) is 3.73. The van der Waals surface area contributed by atoms with Crippen LogP contribution in [0.15, 0.2) is 10.8 Å². The Kier molecular flexibility index (Phi) is 2.82. The lowest BCUT2D eigenvalue weighted by atomic mass is 10.1. The molecule has 0 saturated carbocycles. The second-order valence-corrected chi connectivity index (χ2v) is 2.65. The topological polar surface area (TPSA) is 132 Å². The Labute approximate surface area is 78.7 Å². The maximum absolute atomic E-state index is 10.6. The Morgan fingerprint density at radius 1 is 1.64 bits per heavy atom. The molecule has 1 unspecified atom stereocenters. The number of oxazole rings is 1. The van der Waals surface area contributed by atoms with E-state index in [2.05, 4.69) is 4.98 Å². The third-order valence-corrected chi connectivity index (χ3v) is 1.56. The van der Waals surface area contributed by atoms with E-state index in [1.807, 2.05) is 0 Å². The molecule has 1 atom stereocenters. The summed E-state index contributed by atoms with van der Waals surface area (Å²) in [4.78, 5) is 24.5. The van der Waals surface area contributed by atoms with E-state index in [4.69, 9.17) is 21.0 Å². The molecule has 0 aliphatic carbocycles. The Bertz CT molecular complexity index is 360. The molecule has 0 bridgehead atoms. The second-order valence-electron chi connectivity index (χ2n) is 2.65.